The summed E-state index contributed by atoms with van der Waals surface area (Å²) in [7, 11) is 3.48. The Kier molecular flexibility index (Phi) is 5.43. The van der Waals surface area contributed by atoms with Gasteiger partial charge in [0, 0.05) is 36.4 Å². The van der Waals surface area contributed by atoms with E-state index in [9.17, 15) is 10.1 Å². The number of nitrogens with zero attached hydrogens (tertiary/aromatic N) is 5. The van der Waals surface area contributed by atoms with E-state index in [4.69, 9.17) is 4.74 Å². The second-order valence-electron chi connectivity index (χ2n) is 6.61. The van der Waals surface area contributed by atoms with Crippen LogP contribution in [0.5, 0.6) is 5.75 Å². The zero-order valence-electron chi connectivity index (χ0n) is 16.8. The Morgan fingerprint density at radius 2 is 1.87 bits per heavy atom. The SMILES string of the molecule is COc1ccc(Nc2nc(Nc3cccc(-c4nccn4C)c3)ncc2[N+](=O)[O-])cc1. The number of aryl methyl sites for hydroxylation is 1. The fourth-order valence-corrected chi connectivity index (χ4v) is 2.98. The fraction of sp³-hybridized carbons (Fsp3) is 0.0952. The summed E-state index contributed by atoms with van der Waals surface area (Å²) in [6.45, 7) is 0. The molecule has 0 radical (unpaired) electrons. The molecule has 0 unspecified atom stereocenters. The first-order valence-electron chi connectivity index (χ1n) is 9.31. The number of rotatable bonds is 7. The van der Waals surface area contributed by atoms with E-state index in [1.54, 1.807) is 37.6 Å². The van der Waals surface area contributed by atoms with Gasteiger partial charge >= 0.3 is 5.69 Å². The van der Waals surface area contributed by atoms with Crippen LogP contribution in [0.1, 0.15) is 0 Å². The van der Waals surface area contributed by atoms with Crippen molar-refractivity contribution in [3.8, 4) is 17.1 Å². The first-order valence-corrected chi connectivity index (χ1v) is 9.31. The molecule has 0 saturated carbocycles. The van der Waals surface area contributed by atoms with E-state index < -0.39 is 4.92 Å². The van der Waals surface area contributed by atoms with E-state index in [0.29, 0.717) is 11.4 Å². The molecule has 0 bridgehead atoms. The van der Waals surface area contributed by atoms with Gasteiger partial charge in [-0.15, -0.1) is 0 Å². The summed E-state index contributed by atoms with van der Waals surface area (Å²) in [6.07, 6.45) is 4.77. The van der Waals surface area contributed by atoms with Gasteiger partial charge in [0.05, 0.1) is 12.0 Å². The molecule has 0 atom stereocenters. The van der Waals surface area contributed by atoms with Crippen molar-refractivity contribution in [2.75, 3.05) is 17.7 Å². The van der Waals surface area contributed by atoms with Gasteiger partial charge in [-0.25, -0.2) is 9.97 Å². The number of anilines is 4. The summed E-state index contributed by atoms with van der Waals surface area (Å²) >= 11 is 0. The molecule has 2 aromatic heterocycles. The molecular weight excluding hydrogens is 398 g/mol. The summed E-state index contributed by atoms with van der Waals surface area (Å²) in [5.74, 6) is 1.79. The minimum atomic E-state index is -0.530. The average Bonchev–Trinajstić information content (AvgIpc) is 3.20. The Hall–Kier alpha value is -4.47. The van der Waals surface area contributed by atoms with E-state index in [1.807, 2.05) is 42.1 Å². The Balaban J connectivity index is 1.61. The van der Waals surface area contributed by atoms with Crippen LogP contribution < -0.4 is 15.4 Å². The second-order valence-corrected chi connectivity index (χ2v) is 6.61. The standard InChI is InChI=1S/C21H19N7O3/c1-27-11-10-22-20(27)14-4-3-5-16(12-14)25-21-23-13-18(28(29)30)19(26-21)24-15-6-8-17(31-2)9-7-15/h3-13H,1-2H3,(H2,23,24,25,26). The normalized spacial score (nSPS) is 10.5. The van der Waals surface area contributed by atoms with E-state index in [1.165, 1.54) is 6.20 Å². The van der Waals surface area contributed by atoms with Crippen LogP contribution in [-0.4, -0.2) is 31.6 Å². The fourth-order valence-electron chi connectivity index (χ4n) is 2.98. The van der Waals surface area contributed by atoms with Crippen molar-refractivity contribution in [3.05, 3.63) is 77.2 Å². The molecule has 2 aromatic carbocycles. The number of nitrogens with one attached hydrogen (secondary N) is 2. The van der Waals surface area contributed by atoms with Gasteiger partial charge in [-0.2, -0.15) is 4.98 Å². The summed E-state index contributed by atoms with van der Waals surface area (Å²) in [5.41, 5.74) is 2.04. The number of ether oxygens (including phenoxy) is 1. The highest BCUT2D eigenvalue weighted by atomic mass is 16.6. The predicted octanol–water partition coefficient (Wildman–Crippen LogP) is 4.28. The molecule has 0 aliphatic carbocycles. The molecule has 2 heterocycles. The summed E-state index contributed by atoms with van der Waals surface area (Å²) in [5, 5.41) is 17.5. The van der Waals surface area contributed by atoms with Crippen LogP contribution in [0.3, 0.4) is 0 Å². The van der Waals surface area contributed by atoms with Crippen LogP contribution in [0, 0.1) is 10.1 Å². The maximum atomic E-state index is 11.4. The van der Waals surface area contributed by atoms with Crippen LogP contribution in [0.25, 0.3) is 11.4 Å². The Morgan fingerprint density at radius 3 is 2.55 bits per heavy atom. The van der Waals surface area contributed by atoms with Crippen molar-refractivity contribution < 1.29 is 9.66 Å². The van der Waals surface area contributed by atoms with Crippen molar-refractivity contribution >= 4 is 28.8 Å². The number of aromatic nitrogens is 4. The minimum Gasteiger partial charge on any atom is -0.497 e. The van der Waals surface area contributed by atoms with Gasteiger partial charge in [-0.1, -0.05) is 12.1 Å². The number of imidazole rings is 1. The van der Waals surface area contributed by atoms with Crippen molar-refractivity contribution in [1.29, 1.82) is 0 Å². The predicted molar refractivity (Wildman–Crippen MR) is 117 cm³/mol. The smallest absolute Gasteiger partial charge is 0.329 e. The summed E-state index contributed by atoms with van der Waals surface area (Å²) in [6, 6.07) is 14.6. The van der Waals surface area contributed by atoms with Crippen LogP contribution in [0.15, 0.2) is 67.1 Å². The van der Waals surface area contributed by atoms with Crippen LogP contribution in [0.4, 0.5) is 28.8 Å². The molecule has 31 heavy (non-hydrogen) atoms. The topological polar surface area (TPSA) is 120 Å². The van der Waals surface area contributed by atoms with Gasteiger partial charge in [0.15, 0.2) is 0 Å². The van der Waals surface area contributed by atoms with Crippen molar-refractivity contribution in [3.63, 3.8) is 0 Å². The van der Waals surface area contributed by atoms with E-state index in [-0.39, 0.29) is 17.5 Å². The quantitative estimate of drug-likeness (QED) is 0.338. The molecule has 0 spiro atoms. The van der Waals surface area contributed by atoms with Crippen molar-refractivity contribution in [1.82, 2.24) is 19.5 Å². The lowest BCUT2D eigenvalue weighted by molar-refractivity contribution is -0.384. The monoisotopic (exact) mass is 417 g/mol. The highest BCUT2D eigenvalue weighted by molar-refractivity contribution is 5.69. The Bertz CT molecular complexity index is 1220. The first kappa shape index (κ1) is 19.8. The van der Waals surface area contributed by atoms with Gasteiger partial charge in [-0.3, -0.25) is 10.1 Å². The lowest BCUT2D eigenvalue weighted by Gasteiger charge is -2.10. The highest BCUT2D eigenvalue weighted by Gasteiger charge is 2.18. The molecule has 0 amide bonds. The van der Waals surface area contributed by atoms with Crippen molar-refractivity contribution in [2.45, 2.75) is 0 Å². The van der Waals surface area contributed by atoms with E-state index in [2.05, 4.69) is 25.6 Å². The van der Waals surface area contributed by atoms with E-state index >= 15 is 0 Å². The van der Waals surface area contributed by atoms with Crippen LogP contribution in [-0.2, 0) is 7.05 Å². The van der Waals surface area contributed by atoms with Gasteiger partial charge in [0.25, 0.3) is 0 Å². The number of hydrogen-bond acceptors (Lipinski definition) is 8. The van der Waals surface area contributed by atoms with E-state index in [0.717, 1.165) is 17.1 Å². The average molecular weight is 417 g/mol. The number of methoxy groups -OCH3 is 1. The lowest BCUT2D eigenvalue weighted by atomic mass is 10.2. The maximum Gasteiger partial charge on any atom is 0.329 e. The summed E-state index contributed by atoms with van der Waals surface area (Å²) < 4.78 is 7.05. The largest absolute Gasteiger partial charge is 0.497 e. The highest BCUT2D eigenvalue weighted by Crippen LogP contribution is 2.28. The molecular formula is C21H19N7O3. The van der Waals surface area contributed by atoms with Crippen LogP contribution in [0.2, 0.25) is 0 Å². The van der Waals surface area contributed by atoms with Crippen LogP contribution >= 0.6 is 0 Å². The number of benzene rings is 2. The summed E-state index contributed by atoms with van der Waals surface area (Å²) in [4.78, 5) is 23.6. The van der Waals surface area contributed by atoms with Gasteiger partial charge in [0.2, 0.25) is 11.8 Å². The number of nitro groups is 1. The first-order chi connectivity index (χ1) is 15.0. The zero-order valence-corrected chi connectivity index (χ0v) is 16.8. The van der Waals surface area contributed by atoms with Gasteiger partial charge in [0.1, 0.15) is 17.8 Å². The molecule has 4 aromatic rings. The third-order valence-corrected chi connectivity index (χ3v) is 4.52. The third-order valence-electron chi connectivity index (χ3n) is 4.52. The molecule has 156 valence electrons. The minimum absolute atomic E-state index is 0.0768. The Labute approximate surface area is 177 Å². The third kappa shape index (κ3) is 4.42. The Morgan fingerprint density at radius 1 is 1.06 bits per heavy atom. The molecule has 0 aliphatic rings. The maximum absolute atomic E-state index is 11.4. The zero-order chi connectivity index (χ0) is 21.8. The number of hydrogen-bond donors (Lipinski definition) is 2. The molecule has 4 rings (SSSR count). The van der Waals surface area contributed by atoms with Gasteiger partial charge < -0.3 is 19.9 Å². The molecule has 10 nitrogen and oxygen atoms in total. The molecule has 2 N–H and O–H groups in total. The lowest BCUT2D eigenvalue weighted by Crippen LogP contribution is -2.04. The molecule has 0 aliphatic heterocycles. The van der Waals surface area contributed by atoms with Crippen molar-refractivity contribution in [2.24, 2.45) is 7.05 Å². The second kappa shape index (κ2) is 8.49. The molecule has 0 fully saturated rings. The molecule has 0 saturated heterocycles. The van der Waals surface area contributed by atoms with Gasteiger partial charge in [-0.05, 0) is 36.4 Å². The molecule has 10 heteroatoms.